The average molecular weight is 366 g/mol. The topological polar surface area (TPSA) is 29.5 Å². The molecule has 1 heterocycles. The molecule has 0 saturated heterocycles. The third kappa shape index (κ3) is 4.16. The van der Waals surface area contributed by atoms with Crippen molar-refractivity contribution in [2.45, 2.75) is 59.1 Å². The molecule has 0 saturated carbocycles. The second-order valence-corrected chi connectivity index (χ2v) is 8.10. The van der Waals surface area contributed by atoms with Gasteiger partial charge < -0.3 is 9.64 Å². The lowest BCUT2D eigenvalue weighted by Gasteiger charge is -2.38. The summed E-state index contributed by atoms with van der Waals surface area (Å²) < 4.78 is 6.50. The minimum absolute atomic E-state index is 0.0166. The van der Waals surface area contributed by atoms with Crippen molar-refractivity contribution in [1.82, 2.24) is 4.90 Å². The Labute approximate surface area is 142 Å². The van der Waals surface area contributed by atoms with Gasteiger partial charge in [0.15, 0.2) is 0 Å². The van der Waals surface area contributed by atoms with Crippen molar-refractivity contribution >= 4 is 22.0 Å². The van der Waals surface area contributed by atoms with Crippen molar-refractivity contribution in [2.24, 2.45) is 5.92 Å². The maximum Gasteiger partial charge on any atom is 0.410 e. The van der Waals surface area contributed by atoms with E-state index in [4.69, 9.17) is 4.74 Å². The van der Waals surface area contributed by atoms with Crippen LogP contribution in [0.3, 0.4) is 0 Å². The average Bonchev–Trinajstić information content (AvgIpc) is 2.35. The lowest BCUT2D eigenvalue weighted by atomic mass is 9.89. The van der Waals surface area contributed by atoms with Gasteiger partial charge in [-0.2, -0.15) is 0 Å². The van der Waals surface area contributed by atoms with Gasteiger partial charge in [-0.1, -0.05) is 26.0 Å². The van der Waals surface area contributed by atoms with Crippen molar-refractivity contribution in [3.63, 3.8) is 0 Å². The van der Waals surface area contributed by atoms with E-state index >= 15 is 0 Å². The molecule has 4 heteroatoms. The highest BCUT2D eigenvalue weighted by molar-refractivity contribution is 9.10. The second-order valence-electron chi connectivity index (χ2n) is 7.25. The zero-order valence-corrected chi connectivity index (χ0v) is 15.6. The fourth-order valence-corrected chi connectivity index (χ4v) is 3.14. The third-order valence-electron chi connectivity index (χ3n) is 3.62. The third-order valence-corrected chi connectivity index (χ3v) is 4.04. The molecule has 3 nitrogen and oxygen atoms in total. The van der Waals surface area contributed by atoms with E-state index < -0.39 is 5.60 Å². The van der Waals surface area contributed by atoms with Gasteiger partial charge in [-0.05, 0) is 67.1 Å². The van der Waals surface area contributed by atoms with Crippen molar-refractivity contribution < 1.29 is 9.53 Å². The molecular formula is C18H24BrNO2. The molecule has 0 spiro atoms. The molecule has 0 N–H and O–H groups in total. The van der Waals surface area contributed by atoms with Crippen LogP contribution in [0.25, 0.3) is 0 Å². The molecule has 1 amide bonds. The van der Waals surface area contributed by atoms with E-state index in [-0.39, 0.29) is 12.1 Å². The van der Waals surface area contributed by atoms with Gasteiger partial charge in [-0.25, -0.2) is 4.79 Å². The molecule has 0 aliphatic carbocycles. The second kappa shape index (κ2) is 6.50. The molecule has 1 aliphatic heterocycles. The summed E-state index contributed by atoms with van der Waals surface area (Å²) in [6.07, 6.45) is 1.49. The van der Waals surface area contributed by atoms with Gasteiger partial charge in [0.25, 0.3) is 0 Å². The van der Waals surface area contributed by atoms with Crippen LogP contribution in [0.1, 0.15) is 58.2 Å². The Bertz CT molecular complexity index is 549. The molecule has 1 aliphatic rings. The number of ether oxygens (including phenoxy) is 1. The highest BCUT2D eigenvalue weighted by Gasteiger charge is 2.34. The molecule has 1 aromatic rings. The SMILES string of the molecule is CC(C)CC1c2c#cc(Br)cc2CCN1C(=O)OC(C)(C)C. The smallest absolute Gasteiger partial charge is 0.410 e. The number of carbonyl (C=O) groups is 1. The molecule has 0 aromatic heterocycles. The Morgan fingerprint density at radius 3 is 2.73 bits per heavy atom. The maximum absolute atomic E-state index is 12.6. The molecule has 120 valence electrons. The number of rotatable bonds is 2. The zero-order valence-electron chi connectivity index (χ0n) is 14.0. The van der Waals surface area contributed by atoms with E-state index in [1.165, 1.54) is 5.56 Å². The number of amides is 1. The molecule has 0 fully saturated rings. The predicted molar refractivity (Wildman–Crippen MR) is 90.7 cm³/mol. The normalized spacial score (nSPS) is 18.0. The van der Waals surface area contributed by atoms with E-state index in [2.05, 4.69) is 48.0 Å². The van der Waals surface area contributed by atoms with E-state index in [0.29, 0.717) is 12.5 Å². The summed E-state index contributed by atoms with van der Waals surface area (Å²) in [5.74, 6) is 0.484. The fourth-order valence-electron chi connectivity index (χ4n) is 2.76. The van der Waals surface area contributed by atoms with E-state index in [1.54, 1.807) is 0 Å². The van der Waals surface area contributed by atoms with Gasteiger partial charge >= 0.3 is 6.09 Å². The van der Waals surface area contributed by atoms with Gasteiger partial charge in [0.1, 0.15) is 5.60 Å². The molecule has 0 radical (unpaired) electrons. The van der Waals surface area contributed by atoms with Crippen LogP contribution in [0, 0.1) is 18.1 Å². The van der Waals surface area contributed by atoms with Crippen molar-refractivity contribution in [3.05, 3.63) is 33.8 Å². The summed E-state index contributed by atoms with van der Waals surface area (Å²) in [5.41, 5.74) is 1.85. The van der Waals surface area contributed by atoms with Crippen LogP contribution in [-0.4, -0.2) is 23.1 Å². The van der Waals surface area contributed by atoms with Crippen molar-refractivity contribution in [3.8, 4) is 0 Å². The number of hydrogen-bond acceptors (Lipinski definition) is 2. The summed E-state index contributed by atoms with van der Waals surface area (Å²) in [6.45, 7) is 10.7. The van der Waals surface area contributed by atoms with Gasteiger partial charge in [0.2, 0.25) is 0 Å². The molecule has 1 atom stereocenters. The first-order valence-electron chi connectivity index (χ1n) is 7.79. The summed E-state index contributed by atoms with van der Waals surface area (Å²) in [7, 11) is 0. The monoisotopic (exact) mass is 365 g/mol. The first-order valence-corrected chi connectivity index (χ1v) is 8.58. The van der Waals surface area contributed by atoms with Crippen LogP contribution in [0.5, 0.6) is 0 Å². The molecule has 1 unspecified atom stereocenters. The van der Waals surface area contributed by atoms with Crippen LogP contribution < -0.4 is 0 Å². The Morgan fingerprint density at radius 1 is 1.45 bits per heavy atom. The first-order chi connectivity index (χ1) is 10.2. The fraction of sp³-hybridized carbons (Fsp3) is 0.611. The number of nitrogens with zero attached hydrogens (tertiary/aromatic N) is 1. The van der Waals surface area contributed by atoms with Crippen LogP contribution in [0.4, 0.5) is 4.79 Å². The van der Waals surface area contributed by atoms with Crippen molar-refractivity contribution in [2.75, 3.05) is 6.54 Å². The quantitative estimate of drug-likeness (QED) is 0.743. The van der Waals surface area contributed by atoms with E-state index in [9.17, 15) is 4.79 Å². The van der Waals surface area contributed by atoms with E-state index in [0.717, 1.165) is 22.9 Å². The summed E-state index contributed by atoms with van der Waals surface area (Å²) in [4.78, 5) is 14.4. The summed E-state index contributed by atoms with van der Waals surface area (Å²) in [5, 5.41) is 0. The lowest BCUT2D eigenvalue weighted by Crippen LogP contribution is -2.43. The van der Waals surface area contributed by atoms with Gasteiger partial charge in [0.05, 0.1) is 10.5 Å². The Hall–Kier alpha value is -1.21. The Balaban J connectivity index is 2.31. The molecule has 2 rings (SSSR count). The molecule has 0 bridgehead atoms. The number of fused-ring (bicyclic) bond motifs is 1. The van der Waals surface area contributed by atoms with Crippen LogP contribution in [-0.2, 0) is 11.2 Å². The van der Waals surface area contributed by atoms with Gasteiger partial charge in [0, 0.05) is 12.1 Å². The largest absolute Gasteiger partial charge is 0.444 e. The summed E-state index contributed by atoms with van der Waals surface area (Å²) >= 11 is 3.45. The van der Waals surface area contributed by atoms with Crippen LogP contribution in [0.15, 0.2) is 10.5 Å². The van der Waals surface area contributed by atoms with Gasteiger partial charge in [-0.15, -0.1) is 0 Å². The lowest BCUT2D eigenvalue weighted by molar-refractivity contribution is 0.0120. The Morgan fingerprint density at radius 2 is 2.14 bits per heavy atom. The minimum atomic E-state index is -0.477. The van der Waals surface area contributed by atoms with Crippen LogP contribution >= 0.6 is 15.9 Å². The van der Waals surface area contributed by atoms with Gasteiger partial charge in [-0.3, -0.25) is 0 Å². The Kier molecular flexibility index (Phi) is 5.07. The predicted octanol–water partition coefficient (Wildman–Crippen LogP) is 4.93. The highest BCUT2D eigenvalue weighted by Crippen LogP contribution is 2.35. The number of carbonyl (C=O) groups excluding carboxylic acids is 1. The molecule has 22 heavy (non-hydrogen) atoms. The minimum Gasteiger partial charge on any atom is -0.444 e. The first kappa shape index (κ1) is 17.1. The number of hydrogen-bond donors (Lipinski definition) is 0. The summed E-state index contributed by atoms with van der Waals surface area (Å²) in [6, 6.07) is 8.43. The van der Waals surface area contributed by atoms with Crippen LogP contribution in [0.2, 0.25) is 0 Å². The van der Waals surface area contributed by atoms with E-state index in [1.807, 2.05) is 25.7 Å². The standard InChI is InChI=1S/C18H24BrNO2/c1-12(2)10-16-15-7-6-14(19)11-13(15)8-9-20(16)17(21)22-18(3,4)5/h11-12,16H,8-10H2,1-5H3. The number of halogens is 1. The molecule has 1 aromatic carbocycles. The van der Waals surface area contributed by atoms with Crippen molar-refractivity contribution in [1.29, 1.82) is 0 Å². The zero-order chi connectivity index (χ0) is 16.5. The highest BCUT2D eigenvalue weighted by atomic mass is 79.9. The maximum atomic E-state index is 12.6. The molecular weight excluding hydrogens is 342 g/mol.